The van der Waals surface area contributed by atoms with Crippen molar-refractivity contribution in [3.63, 3.8) is 0 Å². The maximum Gasteiger partial charge on any atom is 0.333 e. The number of nitrogens with two attached hydrogens (primary N) is 1. The van der Waals surface area contributed by atoms with Gasteiger partial charge < -0.3 is 15.8 Å². The van der Waals surface area contributed by atoms with Gasteiger partial charge in [-0.05, 0) is 37.6 Å². The van der Waals surface area contributed by atoms with Crippen molar-refractivity contribution in [3.05, 3.63) is 47.0 Å². The Labute approximate surface area is 155 Å². The largest absolute Gasteiger partial charge is 0.465 e. The van der Waals surface area contributed by atoms with Crippen molar-refractivity contribution in [3.8, 4) is 0 Å². The number of nitrogens with zero attached hydrogens (tertiary/aromatic N) is 3. The fraction of sp³-hybridized carbons (Fsp3) is 0.444. The quantitative estimate of drug-likeness (QED) is 0.831. The fourth-order valence-electron chi connectivity index (χ4n) is 3.07. The van der Waals surface area contributed by atoms with Gasteiger partial charge in [0.1, 0.15) is 5.82 Å². The van der Waals surface area contributed by atoms with Gasteiger partial charge >= 0.3 is 6.55 Å². The van der Waals surface area contributed by atoms with Crippen molar-refractivity contribution in [1.82, 2.24) is 9.78 Å². The third kappa shape index (κ3) is 3.72. The number of benzene rings is 1. The van der Waals surface area contributed by atoms with E-state index < -0.39 is 17.9 Å². The minimum atomic E-state index is -2.69. The Hall–Kier alpha value is -2.71. The van der Waals surface area contributed by atoms with Gasteiger partial charge in [0.25, 0.3) is 6.02 Å². The Morgan fingerprint density at radius 3 is 2.85 bits per heavy atom. The predicted molar refractivity (Wildman–Crippen MR) is 96.0 cm³/mol. The molecule has 0 aliphatic carbocycles. The first-order valence-electron chi connectivity index (χ1n) is 8.55. The second-order valence-electron chi connectivity index (χ2n) is 6.87. The molecule has 6 nitrogen and oxygen atoms in total. The van der Waals surface area contributed by atoms with Crippen LogP contribution in [0.5, 0.6) is 0 Å². The maximum atomic E-state index is 14.5. The molecule has 9 heteroatoms. The van der Waals surface area contributed by atoms with Crippen LogP contribution in [-0.2, 0) is 16.8 Å². The Bertz CT molecular complexity index is 867. The minimum absolute atomic E-state index is 0.0292. The molecule has 0 fully saturated rings. The number of anilines is 1. The van der Waals surface area contributed by atoms with Crippen LogP contribution in [0.15, 0.2) is 29.4 Å². The number of aliphatic imine (C=N–C) groups is 1. The molecule has 2 heterocycles. The van der Waals surface area contributed by atoms with Crippen molar-refractivity contribution < 1.29 is 17.9 Å². The number of alkyl halides is 2. The summed E-state index contributed by atoms with van der Waals surface area (Å²) in [6.45, 7) is 3.32. The summed E-state index contributed by atoms with van der Waals surface area (Å²) >= 11 is 0. The number of aromatic nitrogens is 2. The van der Waals surface area contributed by atoms with Crippen LogP contribution in [0.3, 0.4) is 0 Å². The molecule has 2 atom stereocenters. The topological polar surface area (TPSA) is 77.5 Å². The maximum absolute atomic E-state index is 14.5. The minimum Gasteiger partial charge on any atom is -0.465 e. The molecule has 0 radical (unpaired) electrons. The van der Waals surface area contributed by atoms with E-state index >= 15 is 0 Å². The Balaban J connectivity index is 1.85. The van der Waals surface area contributed by atoms with E-state index in [-0.39, 0.29) is 18.5 Å². The molecule has 2 aromatic rings. The zero-order valence-corrected chi connectivity index (χ0v) is 15.3. The van der Waals surface area contributed by atoms with Gasteiger partial charge in [0, 0.05) is 23.4 Å². The highest BCUT2D eigenvalue weighted by atomic mass is 19.3. The lowest BCUT2D eigenvalue weighted by molar-refractivity contribution is 0.0561. The number of rotatable bonds is 5. The summed E-state index contributed by atoms with van der Waals surface area (Å²) in [7, 11) is 0. The molecule has 3 rings (SSSR count). The summed E-state index contributed by atoms with van der Waals surface area (Å²) < 4.78 is 45.9. The number of aryl methyl sites for hydroxylation is 1. The van der Waals surface area contributed by atoms with Crippen molar-refractivity contribution in [2.45, 2.75) is 39.4 Å². The van der Waals surface area contributed by atoms with Gasteiger partial charge in [0.2, 0.25) is 0 Å². The molecule has 27 heavy (non-hydrogen) atoms. The van der Waals surface area contributed by atoms with E-state index in [4.69, 9.17) is 10.5 Å². The molecular formula is C18H22F3N5O. The summed E-state index contributed by atoms with van der Waals surface area (Å²) in [6, 6.07) is 4.62. The average molecular weight is 381 g/mol. The molecule has 1 aliphatic heterocycles. The van der Waals surface area contributed by atoms with Crippen LogP contribution in [0, 0.1) is 18.7 Å². The van der Waals surface area contributed by atoms with Crippen molar-refractivity contribution in [1.29, 1.82) is 0 Å². The lowest BCUT2D eigenvalue weighted by Crippen LogP contribution is -2.40. The van der Waals surface area contributed by atoms with Crippen LogP contribution >= 0.6 is 0 Å². The smallest absolute Gasteiger partial charge is 0.333 e. The van der Waals surface area contributed by atoms with Gasteiger partial charge in [-0.1, -0.05) is 6.92 Å². The third-order valence-corrected chi connectivity index (χ3v) is 4.97. The third-order valence-electron chi connectivity index (χ3n) is 4.97. The van der Waals surface area contributed by atoms with Crippen LogP contribution in [0.1, 0.15) is 37.2 Å². The van der Waals surface area contributed by atoms with E-state index in [9.17, 15) is 13.2 Å². The summed E-state index contributed by atoms with van der Waals surface area (Å²) in [5.41, 5.74) is 6.99. The number of ether oxygens (including phenoxy) is 1. The molecule has 1 aromatic carbocycles. The highest BCUT2D eigenvalue weighted by Crippen LogP contribution is 2.38. The first kappa shape index (κ1) is 19.1. The molecule has 0 saturated heterocycles. The summed E-state index contributed by atoms with van der Waals surface area (Å²) in [6.07, 6.45) is 1.29. The van der Waals surface area contributed by atoms with Gasteiger partial charge in [0.15, 0.2) is 0 Å². The van der Waals surface area contributed by atoms with Gasteiger partial charge in [-0.3, -0.25) is 0 Å². The first-order valence-corrected chi connectivity index (χ1v) is 8.55. The van der Waals surface area contributed by atoms with Crippen LogP contribution in [0.25, 0.3) is 0 Å². The molecular weight excluding hydrogens is 359 g/mol. The SMILES string of the molecule is Cc1cn(C(F)F)nc1CNc1ccc(F)c([C@@]2(C)N=C(N)OCC2C)c1. The van der Waals surface area contributed by atoms with E-state index in [0.29, 0.717) is 33.8 Å². The molecule has 1 unspecified atom stereocenters. The van der Waals surface area contributed by atoms with Gasteiger partial charge in [-0.25, -0.2) is 14.1 Å². The second kappa shape index (κ2) is 7.13. The standard InChI is InChI=1S/C18H22F3N5O/c1-10-8-26(16(20)21)25-15(10)7-23-12-4-5-14(19)13(6-12)18(3)11(2)9-27-17(22)24-18/h4-6,8,11,16,23H,7,9H2,1-3H3,(H2,22,24)/t11?,18-/m0/s1. The molecule has 1 aliphatic rings. The van der Waals surface area contributed by atoms with Crippen LogP contribution in [-0.4, -0.2) is 22.4 Å². The molecule has 0 amide bonds. The van der Waals surface area contributed by atoms with Crippen LogP contribution < -0.4 is 11.1 Å². The van der Waals surface area contributed by atoms with Crippen molar-refractivity contribution in [2.75, 3.05) is 11.9 Å². The molecule has 146 valence electrons. The Morgan fingerprint density at radius 1 is 1.44 bits per heavy atom. The molecule has 3 N–H and O–H groups in total. The second-order valence-corrected chi connectivity index (χ2v) is 6.87. The molecule has 0 saturated carbocycles. The van der Waals surface area contributed by atoms with Crippen LogP contribution in [0.2, 0.25) is 0 Å². The van der Waals surface area contributed by atoms with Gasteiger partial charge in [-0.2, -0.15) is 13.9 Å². The number of amidine groups is 1. The van der Waals surface area contributed by atoms with Gasteiger partial charge in [0.05, 0.1) is 24.4 Å². The highest BCUT2D eigenvalue weighted by molar-refractivity contribution is 5.73. The number of hydrogen-bond acceptors (Lipinski definition) is 5. The Morgan fingerprint density at radius 2 is 2.19 bits per heavy atom. The highest BCUT2D eigenvalue weighted by Gasteiger charge is 2.39. The van der Waals surface area contributed by atoms with E-state index in [0.717, 1.165) is 0 Å². The lowest BCUT2D eigenvalue weighted by Gasteiger charge is -2.36. The van der Waals surface area contributed by atoms with E-state index in [1.165, 1.54) is 12.3 Å². The van der Waals surface area contributed by atoms with Gasteiger partial charge in [-0.15, -0.1) is 0 Å². The predicted octanol–water partition coefficient (Wildman–Crippen LogP) is 3.53. The molecule has 0 spiro atoms. The molecule has 1 aromatic heterocycles. The summed E-state index contributed by atoms with van der Waals surface area (Å²) in [4.78, 5) is 4.33. The summed E-state index contributed by atoms with van der Waals surface area (Å²) in [5, 5.41) is 6.97. The zero-order chi connectivity index (χ0) is 19.8. The average Bonchev–Trinajstić information content (AvgIpc) is 2.99. The van der Waals surface area contributed by atoms with Crippen LogP contribution in [0.4, 0.5) is 18.9 Å². The first-order chi connectivity index (χ1) is 12.7. The fourth-order valence-corrected chi connectivity index (χ4v) is 3.07. The number of hydrogen-bond donors (Lipinski definition) is 2. The zero-order valence-electron chi connectivity index (χ0n) is 15.3. The monoisotopic (exact) mass is 381 g/mol. The number of nitrogens with one attached hydrogen (secondary N) is 1. The van der Waals surface area contributed by atoms with E-state index in [2.05, 4.69) is 15.4 Å². The lowest BCUT2D eigenvalue weighted by atomic mass is 9.80. The summed E-state index contributed by atoms with van der Waals surface area (Å²) in [5.74, 6) is -0.481. The van der Waals surface area contributed by atoms with Crippen molar-refractivity contribution >= 4 is 11.7 Å². The molecule has 0 bridgehead atoms. The normalized spacial score (nSPS) is 22.5. The van der Waals surface area contributed by atoms with E-state index in [1.807, 2.05) is 13.8 Å². The van der Waals surface area contributed by atoms with E-state index in [1.54, 1.807) is 19.1 Å². The Kier molecular flexibility index (Phi) is 5.03. The van der Waals surface area contributed by atoms with Crippen molar-refractivity contribution in [2.24, 2.45) is 16.6 Å². The number of halogens is 3.